The number of rotatable bonds is 4. The van der Waals surface area contributed by atoms with Crippen LogP contribution in [0.1, 0.15) is 45.3 Å². The fraction of sp³-hybridized carbons (Fsp3) is 0.611. The number of hydrogen-bond donors (Lipinski definition) is 1. The third-order valence-corrected chi connectivity index (χ3v) is 5.44. The monoisotopic (exact) mass is 339 g/mol. The van der Waals surface area contributed by atoms with Crippen molar-refractivity contribution in [2.75, 3.05) is 18.8 Å². The Kier molecular flexibility index (Phi) is 6.09. The van der Waals surface area contributed by atoms with Crippen molar-refractivity contribution < 1.29 is 14.3 Å². The van der Waals surface area contributed by atoms with Crippen LogP contribution in [0.5, 0.6) is 0 Å². The maximum atomic E-state index is 13.0. The van der Waals surface area contributed by atoms with Gasteiger partial charge in [-0.05, 0) is 36.5 Å². The summed E-state index contributed by atoms with van der Waals surface area (Å²) in [5.74, 6) is 0.520. The van der Waals surface area contributed by atoms with Gasteiger partial charge in [-0.3, -0.25) is 4.79 Å². The summed E-state index contributed by atoms with van der Waals surface area (Å²) in [5, 5.41) is 10.4. The van der Waals surface area contributed by atoms with E-state index in [4.69, 9.17) is 0 Å². The number of aliphatic hydroxyl groups excluding tert-OH is 1. The van der Waals surface area contributed by atoms with Gasteiger partial charge in [0.05, 0.1) is 11.9 Å². The number of halogens is 1. The molecule has 1 amide bonds. The second kappa shape index (κ2) is 7.67. The molecule has 1 aromatic carbocycles. The van der Waals surface area contributed by atoms with Gasteiger partial charge in [0.15, 0.2) is 0 Å². The predicted molar refractivity (Wildman–Crippen MR) is 92.9 cm³/mol. The van der Waals surface area contributed by atoms with E-state index in [9.17, 15) is 14.3 Å². The Hall–Kier alpha value is -1.07. The number of likely N-dealkylation sites (tertiary alicyclic amines) is 1. The lowest BCUT2D eigenvalue weighted by molar-refractivity contribution is -0.130. The van der Waals surface area contributed by atoms with Gasteiger partial charge in [-0.1, -0.05) is 32.9 Å². The molecule has 5 heteroatoms. The van der Waals surface area contributed by atoms with E-state index < -0.39 is 6.10 Å². The zero-order valence-electron chi connectivity index (χ0n) is 14.1. The number of aliphatic hydroxyl groups is 1. The smallest absolute Gasteiger partial charge is 0.232 e. The molecule has 1 heterocycles. The summed E-state index contributed by atoms with van der Waals surface area (Å²) < 4.78 is 13.1. The van der Waals surface area contributed by atoms with Crippen LogP contribution in [0.3, 0.4) is 0 Å². The minimum absolute atomic E-state index is 0.0900. The van der Waals surface area contributed by atoms with Gasteiger partial charge in [-0.25, -0.2) is 4.39 Å². The van der Waals surface area contributed by atoms with Gasteiger partial charge >= 0.3 is 0 Å². The fourth-order valence-electron chi connectivity index (χ4n) is 2.77. The molecule has 128 valence electrons. The van der Waals surface area contributed by atoms with Crippen LogP contribution in [0.15, 0.2) is 24.3 Å². The minimum Gasteiger partial charge on any atom is -0.388 e. The van der Waals surface area contributed by atoms with Crippen LogP contribution >= 0.6 is 11.8 Å². The normalized spacial score (nSPS) is 18.0. The Morgan fingerprint density at radius 2 is 1.87 bits per heavy atom. The molecular formula is C18H26FNO2S. The molecule has 0 aliphatic carbocycles. The lowest BCUT2D eigenvalue weighted by atomic mass is 9.87. The van der Waals surface area contributed by atoms with Gasteiger partial charge in [0.2, 0.25) is 5.91 Å². The minimum atomic E-state index is -0.586. The van der Waals surface area contributed by atoms with Crippen LogP contribution in [-0.2, 0) is 4.79 Å². The number of hydrogen-bond acceptors (Lipinski definition) is 3. The van der Waals surface area contributed by atoms with Crippen molar-refractivity contribution in [2.24, 2.45) is 5.92 Å². The van der Waals surface area contributed by atoms with Gasteiger partial charge in [-0.2, -0.15) is 0 Å². The molecule has 2 rings (SSSR count). The second-order valence-electron chi connectivity index (χ2n) is 7.12. The molecule has 0 bridgehead atoms. The van der Waals surface area contributed by atoms with E-state index in [1.54, 1.807) is 23.9 Å². The molecule has 1 atom stereocenters. The van der Waals surface area contributed by atoms with Crippen molar-refractivity contribution in [3.05, 3.63) is 35.6 Å². The largest absolute Gasteiger partial charge is 0.388 e. The topological polar surface area (TPSA) is 40.5 Å². The first-order valence-corrected chi connectivity index (χ1v) is 9.10. The summed E-state index contributed by atoms with van der Waals surface area (Å²) >= 11 is 1.66. The Labute approximate surface area is 142 Å². The third kappa shape index (κ3) is 5.50. The van der Waals surface area contributed by atoms with Crippen LogP contribution < -0.4 is 0 Å². The molecule has 1 fully saturated rings. The van der Waals surface area contributed by atoms with Crippen molar-refractivity contribution in [3.63, 3.8) is 0 Å². The number of thioether (sulfide) groups is 1. The molecule has 3 nitrogen and oxygen atoms in total. The molecule has 1 aliphatic heterocycles. The fourth-order valence-corrected chi connectivity index (χ4v) is 3.51. The Morgan fingerprint density at radius 3 is 2.39 bits per heavy atom. The number of carbonyl (C=O) groups is 1. The van der Waals surface area contributed by atoms with E-state index in [1.165, 1.54) is 12.1 Å². The zero-order chi connectivity index (χ0) is 17.0. The summed E-state index contributed by atoms with van der Waals surface area (Å²) in [6, 6.07) is 6.02. The molecular weight excluding hydrogens is 313 g/mol. The van der Waals surface area contributed by atoms with Crippen molar-refractivity contribution in [1.29, 1.82) is 0 Å². The van der Waals surface area contributed by atoms with E-state index >= 15 is 0 Å². The molecule has 1 unspecified atom stereocenters. The Balaban J connectivity index is 1.83. The number of carbonyl (C=O) groups excluding carboxylic acids is 1. The van der Waals surface area contributed by atoms with Crippen LogP contribution in [0.2, 0.25) is 0 Å². The predicted octanol–water partition coefficient (Wildman–Crippen LogP) is 3.63. The Morgan fingerprint density at radius 1 is 1.30 bits per heavy atom. The third-order valence-electron chi connectivity index (χ3n) is 4.18. The van der Waals surface area contributed by atoms with E-state index in [0.717, 1.165) is 18.4 Å². The van der Waals surface area contributed by atoms with E-state index in [-0.39, 0.29) is 22.4 Å². The maximum absolute atomic E-state index is 13.0. The average Bonchev–Trinajstić information content (AvgIpc) is 2.52. The van der Waals surface area contributed by atoms with Crippen molar-refractivity contribution in [3.8, 4) is 0 Å². The second-order valence-corrected chi connectivity index (χ2v) is 8.92. The van der Waals surface area contributed by atoms with Crippen LogP contribution in [0.25, 0.3) is 0 Å². The van der Waals surface area contributed by atoms with Crippen molar-refractivity contribution in [2.45, 2.75) is 44.5 Å². The zero-order valence-corrected chi connectivity index (χ0v) is 14.9. The number of piperidine rings is 1. The molecule has 23 heavy (non-hydrogen) atoms. The highest BCUT2D eigenvalue weighted by molar-refractivity contribution is 8.01. The number of benzene rings is 1. The van der Waals surface area contributed by atoms with Crippen LogP contribution in [0, 0.1) is 11.7 Å². The highest BCUT2D eigenvalue weighted by Crippen LogP contribution is 2.31. The first-order valence-electron chi connectivity index (χ1n) is 8.11. The van der Waals surface area contributed by atoms with Gasteiger partial charge < -0.3 is 10.0 Å². The summed E-state index contributed by atoms with van der Waals surface area (Å²) in [4.78, 5) is 14.1. The lowest BCUT2D eigenvalue weighted by Crippen LogP contribution is -2.41. The quantitative estimate of drug-likeness (QED) is 0.911. The van der Waals surface area contributed by atoms with Gasteiger partial charge in [0, 0.05) is 17.8 Å². The molecule has 1 aromatic rings. The summed E-state index contributed by atoms with van der Waals surface area (Å²) in [5.41, 5.74) is 0.750. The first-order chi connectivity index (χ1) is 10.8. The molecule has 1 saturated heterocycles. The van der Waals surface area contributed by atoms with Crippen molar-refractivity contribution >= 4 is 17.7 Å². The van der Waals surface area contributed by atoms with Gasteiger partial charge in [-0.15, -0.1) is 11.8 Å². The standard InChI is InChI=1S/C18H26FNO2S/c1-18(2,3)23-12-16(21)20-10-8-14(9-11-20)17(22)13-4-6-15(19)7-5-13/h4-7,14,17,22H,8-12H2,1-3H3. The number of nitrogens with zero attached hydrogens (tertiary/aromatic N) is 1. The summed E-state index contributed by atoms with van der Waals surface area (Å²) in [6.45, 7) is 7.70. The maximum Gasteiger partial charge on any atom is 0.232 e. The summed E-state index contributed by atoms with van der Waals surface area (Å²) in [6.07, 6.45) is 0.978. The summed E-state index contributed by atoms with van der Waals surface area (Å²) in [7, 11) is 0. The van der Waals surface area contributed by atoms with Crippen LogP contribution in [0.4, 0.5) is 4.39 Å². The van der Waals surface area contributed by atoms with E-state index in [0.29, 0.717) is 18.8 Å². The molecule has 0 saturated carbocycles. The number of amides is 1. The molecule has 0 radical (unpaired) electrons. The molecule has 0 aromatic heterocycles. The van der Waals surface area contributed by atoms with E-state index in [1.807, 2.05) is 4.90 Å². The first kappa shape index (κ1) is 18.3. The van der Waals surface area contributed by atoms with E-state index in [2.05, 4.69) is 20.8 Å². The van der Waals surface area contributed by atoms with Crippen LogP contribution in [-0.4, -0.2) is 39.5 Å². The van der Waals surface area contributed by atoms with Crippen molar-refractivity contribution in [1.82, 2.24) is 4.90 Å². The molecule has 0 spiro atoms. The van der Waals surface area contributed by atoms with Gasteiger partial charge in [0.25, 0.3) is 0 Å². The highest BCUT2D eigenvalue weighted by atomic mass is 32.2. The SMILES string of the molecule is CC(C)(C)SCC(=O)N1CCC(C(O)c2ccc(F)cc2)CC1. The Bertz CT molecular complexity index is 519. The molecule has 1 N–H and O–H groups in total. The highest BCUT2D eigenvalue weighted by Gasteiger charge is 2.28. The average molecular weight is 339 g/mol. The lowest BCUT2D eigenvalue weighted by Gasteiger charge is -2.34. The molecule has 1 aliphatic rings. The van der Waals surface area contributed by atoms with Gasteiger partial charge in [0.1, 0.15) is 5.82 Å².